The van der Waals surface area contributed by atoms with E-state index in [4.69, 9.17) is 9.47 Å². The predicted octanol–water partition coefficient (Wildman–Crippen LogP) is 2.66. The molecule has 0 aromatic carbocycles. The second-order valence-corrected chi connectivity index (χ2v) is 5.51. The normalized spacial score (nSPS) is 18.7. The fourth-order valence-electron chi connectivity index (χ4n) is 2.17. The molecule has 112 valence electrons. The van der Waals surface area contributed by atoms with Crippen molar-refractivity contribution in [3.63, 3.8) is 0 Å². The van der Waals surface area contributed by atoms with E-state index in [2.05, 4.69) is 12.2 Å². The third-order valence-corrected chi connectivity index (χ3v) is 3.72. The van der Waals surface area contributed by atoms with E-state index in [9.17, 15) is 4.79 Å². The van der Waals surface area contributed by atoms with Crippen LogP contribution < -0.4 is 5.32 Å². The standard InChI is InChI=1S/C15H29NO3/c1-4-11-16-15(3,14(17)18-5-2)10-7-12-19-13-8-6-9-13/h13,16H,4-12H2,1-3H3. The van der Waals surface area contributed by atoms with Gasteiger partial charge in [-0.2, -0.15) is 0 Å². The van der Waals surface area contributed by atoms with Crippen molar-refractivity contribution in [1.82, 2.24) is 5.32 Å². The molecule has 1 rings (SSSR count). The van der Waals surface area contributed by atoms with Gasteiger partial charge in [-0.05, 0) is 58.9 Å². The van der Waals surface area contributed by atoms with Gasteiger partial charge >= 0.3 is 5.97 Å². The van der Waals surface area contributed by atoms with Crippen LogP contribution in [0, 0.1) is 0 Å². The Kier molecular flexibility index (Phi) is 7.39. The Labute approximate surface area is 117 Å². The second-order valence-electron chi connectivity index (χ2n) is 5.51. The lowest BCUT2D eigenvalue weighted by molar-refractivity contribution is -0.151. The van der Waals surface area contributed by atoms with Gasteiger partial charge in [0.1, 0.15) is 5.54 Å². The first kappa shape index (κ1) is 16.4. The molecule has 1 aliphatic rings. The highest BCUT2D eigenvalue weighted by Crippen LogP contribution is 2.23. The lowest BCUT2D eigenvalue weighted by Crippen LogP contribution is -2.51. The summed E-state index contributed by atoms with van der Waals surface area (Å²) in [6.07, 6.45) is 6.82. The van der Waals surface area contributed by atoms with Crippen LogP contribution in [0.4, 0.5) is 0 Å². The highest BCUT2D eigenvalue weighted by Gasteiger charge is 2.33. The van der Waals surface area contributed by atoms with Gasteiger partial charge in [0.2, 0.25) is 0 Å². The summed E-state index contributed by atoms with van der Waals surface area (Å²) in [4.78, 5) is 12.0. The number of ether oxygens (including phenoxy) is 2. The van der Waals surface area contributed by atoms with Crippen LogP contribution in [0.15, 0.2) is 0 Å². The molecule has 4 heteroatoms. The van der Waals surface area contributed by atoms with Crippen LogP contribution in [0.25, 0.3) is 0 Å². The number of carbonyl (C=O) groups is 1. The Hall–Kier alpha value is -0.610. The van der Waals surface area contributed by atoms with E-state index >= 15 is 0 Å². The molecule has 0 radical (unpaired) electrons. The molecule has 1 saturated carbocycles. The molecule has 19 heavy (non-hydrogen) atoms. The average Bonchev–Trinajstić information content (AvgIpc) is 2.34. The van der Waals surface area contributed by atoms with Crippen LogP contribution in [0.1, 0.15) is 59.3 Å². The molecule has 0 bridgehead atoms. The van der Waals surface area contributed by atoms with Crippen LogP contribution >= 0.6 is 0 Å². The number of rotatable bonds is 10. The van der Waals surface area contributed by atoms with Crippen molar-refractivity contribution in [2.24, 2.45) is 0 Å². The minimum Gasteiger partial charge on any atom is -0.465 e. The van der Waals surface area contributed by atoms with Crippen molar-refractivity contribution in [1.29, 1.82) is 0 Å². The Morgan fingerprint density at radius 1 is 1.37 bits per heavy atom. The van der Waals surface area contributed by atoms with Gasteiger partial charge in [0.15, 0.2) is 0 Å². The maximum atomic E-state index is 12.0. The Morgan fingerprint density at radius 2 is 2.11 bits per heavy atom. The molecule has 0 spiro atoms. The van der Waals surface area contributed by atoms with Crippen LogP contribution in [-0.2, 0) is 14.3 Å². The van der Waals surface area contributed by atoms with Gasteiger partial charge in [0.05, 0.1) is 12.7 Å². The maximum Gasteiger partial charge on any atom is 0.326 e. The molecule has 0 aromatic rings. The van der Waals surface area contributed by atoms with Crippen LogP contribution in [-0.4, -0.2) is 37.4 Å². The van der Waals surface area contributed by atoms with Crippen molar-refractivity contribution in [2.45, 2.75) is 70.9 Å². The molecular formula is C15H29NO3. The molecule has 0 aliphatic heterocycles. The largest absolute Gasteiger partial charge is 0.465 e. The fraction of sp³-hybridized carbons (Fsp3) is 0.933. The molecule has 1 atom stereocenters. The number of hydrogen-bond donors (Lipinski definition) is 1. The number of esters is 1. The van der Waals surface area contributed by atoms with E-state index < -0.39 is 5.54 Å². The van der Waals surface area contributed by atoms with Gasteiger partial charge in [-0.15, -0.1) is 0 Å². The summed E-state index contributed by atoms with van der Waals surface area (Å²) < 4.78 is 10.9. The first-order chi connectivity index (χ1) is 9.12. The monoisotopic (exact) mass is 271 g/mol. The van der Waals surface area contributed by atoms with Crippen molar-refractivity contribution in [3.8, 4) is 0 Å². The number of hydrogen-bond acceptors (Lipinski definition) is 4. The van der Waals surface area contributed by atoms with Gasteiger partial charge < -0.3 is 14.8 Å². The topological polar surface area (TPSA) is 47.6 Å². The smallest absolute Gasteiger partial charge is 0.326 e. The Balaban J connectivity index is 2.31. The summed E-state index contributed by atoms with van der Waals surface area (Å²) in [6, 6.07) is 0. The summed E-state index contributed by atoms with van der Waals surface area (Å²) in [7, 11) is 0. The lowest BCUT2D eigenvalue weighted by atomic mass is 9.95. The molecule has 1 fully saturated rings. The summed E-state index contributed by atoms with van der Waals surface area (Å²) in [6.45, 7) is 7.88. The predicted molar refractivity (Wildman–Crippen MR) is 76.2 cm³/mol. The average molecular weight is 271 g/mol. The number of carbonyl (C=O) groups excluding carboxylic acids is 1. The molecule has 0 heterocycles. The van der Waals surface area contributed by atoms with E-state index in [1.807, 2.05) is 13.8 Å². The molecule has 1 unspecified atom stereocenters. The second kappa shape index (κ2) is 8.54. The van der Waals surface area contributed by atoms with E-state index in [1.54, 1.807) is 0 Å². The van der Waals surface area contributed by atoms with Gasteiger partial charge in [-0.3, -0.25) is 4.79 Å². The van der Waals surface area contributed by atoms with Gasteiger partial charge in [-0.25, -0.2) is 0 Å². The maximum absolute atomic E-state index is 12.0. The van der Waals surface area contributed by atoms with Gasteiger partial charge in [0, 0.05) is 6.61 Å². The van der Waals surface area contributed by atoms with Crippen molar-refractivity contribution in [3.05, 3.63) is 0 Å². The summed E-state index contributed by atoms with van der Waals surface area (Å²) in [5.41, 5.74) is -0.574. The van der Waals surface area contributed by atoms with Crippen molar-refractivity contribution < 1.29 is 14.3 Å². The van der Waals surface area contributed by atoms with E-state index in [1.165, 1.54) is 19.3 Å². The molecule has 0 saturated heterocycles. The van der Waals surface area contributed by atoms with Crippen LogP contribution in [0.2, 0.25) is 0 Å². The SMILES string of the molecule is CCCNC(C)(CCCOC1CCC1)C(=O)OCC. The highest BCUT2D eigenvalue weighted by atomic mass is 16.5. The molecule has 4 nitrogen and oxygen atoms in total. The Bertz CT molecular complexity index is 266. The molecule has 0 amide bonds. The third kappa shape index (κ3) is 5.49. The van der Waals surface area contributed by atoms with Gasteiger partial charge in [-0.1, -0.05) is 6.92 Å². The van der Waals surface area contributed by atoms with Gasteiger partial charge in [0.25, 0.3) is 0 Å². The summed E-state index contributed by atoms with van der Waals surface area (Å²) in [5, 5.41) is 3.32. The number of nitrogens with one attached hydrogen (secondary N) is 1. The molecular weight excluding hydrogens is 242 g/mol. The van der Waals surface area contributed by atoms with Crippen molar-refractivity contribution in [2.75, 3.05) is 19.8 Å². The highest BCUT2D eigenvalue weighted by molar-refractivity contribution is 5.80. The first-order valence-electron chi connectivity index (χ1n) is 7.66. The minimum atomic E-state index is -0.574. The summed E-state index contributed by atoms with van der Waals surface area (Å²) in [5.74, 6) is -0.146. The molecule has 1 aliphatic carbocycles. The summed E-state index contributed by atoms with van der Waals surface area (Å²) >= 11 is 0. The first-order valence-corrected chi connectivity index (χ1v) is 7.66. The quantitative estimate of drug-likeness (QED) is 0.490. The Morgan fingerprint density at radius 3 is 2.63 bits per heavy atom. The molecule has 1 N–H and O–H groups in total. The zero-order chi connectivity index (χ0) is 14.1. The fourth-order valence-corrected chi connectivity index (χ4v) is 2.17. The lowest BCUT2D eigenvalue weighted by Gasteiger charge is -2.30. The van der Waals surface area contributed by atoms with E-state index in [0.717, 1.165) is 32.4 Å². The van der Waals surface area contributed by atoms with E-state index in [0.29, 0.717) is 12.7 Å². The third-order valence-electron chi connectivity index (χ3n) is 3.72. The minimum absolute atomic E-state index is 0.146. The van der Waals surface area contributed by atoms with Crippen LogP contribution in [0.3, 0.4) is 0 Å². The molecule has 0 aromatic heterocycles. The zero-order valence-electron chi connectivity index (χ0n) is 12.7. The van der Waals surface area contributed by atoms with Crippen LogP contribution in [0.5, 0.6) is 0 Å². The van der Waals surface area contributed by atoms with E-state index in [-0.39, 0.29) is 5.97 Å². The van der Waals surface area contributed by atoms with Crippen molar-refractivity contribution >= 4 is 5.97 Å². The zero-order valence-corrected chi connectivity index (χ0v) is 12.7.